The first-order valence-corrected chi connectivity index (χ1v) is 7.37. The van der Waals surface area contributed by atoms with Crippen molar-refractivity contribution in [2.45, 2.75) is 18.9 Å². The smallest absolute Gasteiger partial charge is 0.263 e. The molecular weight excluding hydrogens is 260 g/mol. The van der Waals surface area contributed by atoms with E-state index in [0.717, 1.165) is 18.1 Å². The van der Waals surface area contributed by atoms with Gasteiger partial charge in [-0.3, -0.25) is 4.79 Å². The van der Waals surface area contributed by atoms with Crippen LogP contribution in [0.5, 0.6) is 0 Å². The first kappa shape index (κ1) is 14.1. The summed E-state index contributed by atoms with van der Waals surface area (Å²) in [5.74, 6) is -0.0999. The standard InChI is InChI=1S/C13H22N4OS/c1-15-13(18)12-10(14)7-11(19-12)17-6-4-5-9(17)8-16(2)3/h7,9H,4-6,8,14H2,1-3H3,(H,15,18). The molecule has 3 N–H and O–H groups in total. The van der Waals surface area contributed by atoms with Crippen molar-refractivity contribution >= 4 is 27.9 Å². The third-order valence-electron chi connectivity index (χ3n) is 3.42. The van der Waals surface area contributed by atoms with Crippen LogP contribution in [-0.2, 0) is 0 Å². The molecule has 2 heterocycles. The van der Waals surface area contributed by atoms with Gasteiger partial charge in [0, 0.05) is 26.2 Å². The van der Waals surface area contributed by atoms with Gasteiger partial charge in [-0.15, -0.1) is 11.3 Å². The first-order chi connectivity index (χ1) is 9.02. The number of hydrogen-bond donors (Lipinski definition) is 2. The molecule has 5 nitrogen and oxygen atoms in total. The topological polar surface area (TPSA) is 61.6 Å². The predicted molar refractivity (Wildman–Crippen MR) is 81.0 cm³/mol. The number of carbonyl (C=O) groups is 1. The number of hydrogen-bond acceptors (Lipinski definition) is 5. The minimum atomic E-state index is -0.0999. The van der Waals surface area contributed by atoms with E-state index in [1.54, 1.807) is 7.05 Å². The number of amides is 1. The Kier molecular flexibility index (Phi) is 4.31. The summed E-state index contributed by atoms with van der Waals surface area (Å²) in [6, 6.07) is 2.45. The van der Waals surface area contributed by atoms with Crippen LogP contribution in [0, 0.1) is 0 Å². The lowest BCUT2D eigenvalue weighted by atomic mass is 10.2. The average molecular weight is 282 g/mol. The maximum absolute atomic E-state index is 11.7. The maximum atomic E-state index is 11.7. The van der Waals surface area contributed by atoms with Crippen LogP contribution in [0.15, 0.2) is 6.07 Å². The summed E-state index contributed by atoms with van der Waals surface area (Å²) in [6.45, 7) is 2.08. The van der Waals surface area contributed by atoms with Gasteiger partial charge in [-0.1, -0.05) is 0 Å². The number of carbonyl (C=O) groups excluding carboxylic acids is 1. The minimum absolute atomic E-state index is 0.0999. The molecule has 1 aromatic heterocycles. The molecule has 0 radical (unpaired) electrons. The van der Waals surface area contributed by atoms with Gasteiger partial charge < -0.3 is 20.9 Å². The first-order valence-electron chi connectivity index (χ1n) is 6.55. The van der Waals surface area contributed by atoms with Crippen LogP contribution in [-0.4, -0.2) is 51.1 Å². The maximum Gasteiger partial charge on any atom is 0.263 e. The second-order valence-electron chi connectivity index (χ2n) is 5.20. The van der Waals surface area contributed by atoms with Crippen molar-refractivity contribution in [1.82, 2.24) is 10.2 Å². The van der Waals surface area contributed by atoms with Crippen molar-refractivity contribution < 1.29 is 4.79 Å². The van der Waals surface area contributed by atoms with Crippen molar-refractivity contribution in [3.63, 3.8) is 0 Å². The van der Waals surface area contributed by atoms with Gasteiger partial charge in [-0.05, 0) is 33.0 Å². The molecule has 6 heteroatoms. The highest BCUT2D eigenvalue weighted by molar-refractivity contribution is 7.18. The second-order valence-corrected chi connectivity index (χ2v) is 6.23. The van der Waals surface area contributed by atoms with Crippen molar-refractivity contribution in [2.24, 2.45) is 0 Å². The summed E-state index contributed by atoms with van der Waals surface area (Å²) in [4.78, 5) is 16.9. The summed E-state index contributed by atoms with van der Waals surface area (Å²) >= 11 is 1.49. The number of thiophene rings is 1. The summed E-state index contributed by atoms with van der Waals surface area (Å²) in [7, 11) is 5.82. The van der Waals surface area contributed by atoms with E-state index in [0.29, 0.717) is 16.6 Å². The highest BCUT2D eigenvalue weighted by Gasteiger charge is 2.27. The summed E-state index contributed by atoms with van der Waals surface area (Å²) in [5, 5.41) is 3.75. The fourth-order valence-corrected chi connectivity index (χ4v) is 3.69. The zero-order valence-corrected chi connectivity index (χ0v) is 12.6. The van der Waals surface area contributed by atoms with Gasteiger partial charge in [0.05, 0.1) is 10.7 Å². The lowest BCUT2D eigenvalue weighted by molar-refractivity contribution is 0.0968. The molecule has 1 amide bonds. The Morgan fingerprint density at radius 1 is 1.63 bits per heavy atom. The summed E-state index contributed by atoms with van der Waals surface area (Å²) in [5.41, 5.74) is 6.52. The van der Waals surface area contributed by atoms with E-state index < -0.39 is 0 Å². The Bertz CT molecular complexity index is 457. The Morgan fingerprint density at radius 3 is 3.00 bits per heavy atom. The van der Waals surface area contributed by atoms with Gasteiger partial charge in [0.25, 0.3) is 5.91 Å². The zero-order chi connectivity index (χ0) is 14.0. The minimum Gasteiger partial charge on any atom is -0.397 e. The van der Waals surface area contributed by atoms with Gasteiger partial charge in [-0.2, -0.15) is 0 Å². The van der Waals surface area contributed by atoms with Crippen molar-refractivity contribution in [2.75, 3.05) is 44.9 Å². The van der Waals surface area contributed by atoms with Gasteiger partial charge in [-0.25, -0.2) is 0 Å². The fourth-order valence-electron chi connectivity index (χ4n) is 2.56. The normalized spacial score (nSPS) is 19.2. The van der Waals surface area contributed by atoms with E-state index in [9.17, 15) is 4.79 Å². The van der Waals surface area contributed by atoms with Crippen molar-refractivity contribution in [3.8, 4) is 0 Å². The van der Waals surface area contributed by atoms with Crippen LogP contribution in [0.25, 0.3) is 0 Å². The summed E-state index contributed by atoms with van der Waals surface area (Å²) < 4.78 is 0. The van der Waals surface area contributed by atoms with Crippen LogP contribution in [0.2, 0.25) is 0 Å². The van der Waals surface area contributed by atoms with Crippen LogP contribution in [0.4, 0.5) is 10.7 Å². The fraction of sp³-hybridized carbons (Fsp3) is 0.615. The number of likely N-dealkylation sites (N-methyl/N-ethyl adjacent to an activating group) is 1. The number of nitrogens with zero attached hydrogens (tertiary/aromatic N) is 2. The predicted octanol–water partition coefficient (Wildman–Crippen LogP) is 1.22. The Balaban J connectivity index is 2.19. The van der Waals surface area contributed by atoms with Gasteiger partial charge in [0.1, 0.15) is 4.88 Å². The highest BCUT2D eigenvalue weighted by atomic mass is 32.1. The number of nitrogens with two attached hydrogens (primary N) is 1. The second kappa shape index (κ2) is 5.79. The van der Waals surface area contributed by atoms with E-state index in [1.807, 2.05) is 6.07 Å². The number of anilines is 2. The van der Waals surface area contributed by atoms with E-state index in [2.05, 4.69) is 29.2 Å². The van der Waals surface area contributed by atoms with E-state index in [-0.39, 0.29) is 5.91 Å². The van der Waals surface area contributed by atoms with Gasteiger partial charge in [0.2, 0.25) is 0 Å². The molecule has 2 rings (SSSR count). The molecule has 1 aliphatic heterocycles. The Morgan fingerprint density at radius 2 is 2.37 bits per heavy atom. The molecule has 1 unspecified atom stereocenters. The largest absolute Gasteiger partial charge is 0.397 e. The molecule has 1 fully saturated rings. The number of nitrogens with one attached hydrogen (secondary N) is 1. The van der Waals surface area contributed by atoms with Crippen LogP contribution >= 0.6 is 11.3 Å². The average Bonchev–Trinajstić information content (AvgIpc) is 2.94. The SMILES string of the molecule is CNC(=O)c1sc(N2CCCC2CN(C)C)cc1N. The molecule has 0 spiro atoms. The molecule has 0 saturated carbocycles. The summed E-state index contributed by atoms with van der Waals surface area (Å²) in [6.07, 6.45) is 2.40. The number of nitrogen functional groups attached to an aromatic ring is 1. The van der Waals surface area contributed by atoms with Gasteiger partial charge >= 0.3 is 0 Å². The quantitative estimate of drug-likeness (QED) is 0.872. The molecule has 106 valence electrons. The Hall–Kier alpha value is -1.27. The van der Waals surface area contributed by atoms with E-state index >= 15 is 0 Å². The van der Waals surface area contributed by atoms with Gasteiger partial charge in [0.15, 0.2) is 0 Å². The molecule has 1 atom stereocenters. The monoisotopic (exact) mass is 282 g/mol. The molecule has 1 saturated heterocycles. The highest BCUT2D eigenvalue weighted by Crippen LogP contribution is 2.36. The number of rotatable bonds is 4. The van der Waals surface area contributed by atoms with Crippen molar-refractivity contribution in [3.05, 3.63) is 10.9 Å². The molecular formula is C13H22N4OS. The molecule has 1 aliphatic rings. The molecule has 0 bridgehead atoms. The van der Waals surface area contributed by atoms with Crippen LogP contribution in [0.1, 0.15) is 22.5 Å². The van der Waals surface area contributed by atoms with Crippen LogP contribution < -0.4 is 16.0 Å². The third-order valence-corrected chi connectivity index (χ3v) is 4.60. The molecule has 19 heavy (non-hydrogen) atoms. The Labute approximate surface area is 118 Å². The molecule has 0 aliphatic carbocycles. The van der Waals surface area contributed by atoms with E-state index in [4.69, 9.17) is 5.73 Å². The molecule has 0 aromatic carbocycles. The molecule has 1 aromatic rings. The lowest BCUT2D eigenvalue weighted by Crippen LogP contribution is -2.37. The van der Waals surface area contributed by atoms with Crippen LogP contribution in [0.3, 0.4) is 0 Å². The third kappa shape index (κ3) is 3.01. The zero-order valence-electron chi connectivity index (χ0n) is 11.8. The lowest BCUT2D eigenvalue weighted by Gasteiger charge is -2.27. The van der Waals surface area contributed by atoms with Crippen molar-refractivity contribution in [1.29, 1.82) is 0 Å². The van der Waals surface area contributed by atoms with E-state index in [1.165, 1.54) is 24.2 Å².